The number of carbonyl (C=O) groups is 1. The van der Waals surface area contributed by atoms with E-state index >= 15 is 0 Å². The lowest BCUT2D eigenvalue weighted by molar-refractivity contribution is 0.103. The van der Waals surface area contributed by atoms with Gasteiger partial charge >= 0.3 is 0 Å². The Balaban J connectivity index is 1.93. The quantitative estimate of drug-likeness (QED) is 0.808. The molecule has 1 amide bonds. The van der Waals surface area contributed by atoms with Crippen LogP contribution in [-0.2, 0) is 7.05 Å². The first kappa shape index (κ1) is 13.5. The molecule has 0 fully saturated rings. The van der Waals surface area contributed by atoms with Crippen molar-refractivity contribution >= 4 is 22.9 Å². The number of nitrogens with one attached hydrogen (secondary N) is 1. The van der Waals surface area contributed by atoms with E-state index in [1.54, 1.807) is 6.33 Å². The number of para-hydroxylation sites is 1. The maximum absolute atomic E-state index is 12.3. The molecule has 1 aromatic carbocycles. The van der Waals surface area contributed by atoms with Crippen LogP contribution < -0.4 is 5.32 Å². The molecule has 106 valence electrons. The second-order valence-corrected chi connectivity index (χ2v) is 5.96. The lowest BCUT2D eigenvalue weighted by Crippen LogP contribution is -2.11. The minimum Gasteiger partial charge on any atom is -0.321 e. The summed E-state index contributed by atoms with van der Waals surface area (Å²) in [5.74, 6) is 0.607. The highest BCUT2D eigenvalue weighted by Gasteiger charge is 2.14. The Labute approximate surface area is 126 Å². The highest BCUT2D eigenvalue weighted by Crippen LogP contribution is 2.26. The Hall–Kier alpha value is -2.47. The molecule has 0 unspecified atom stereocenters. The van der Waals surface area contributed by atoms with Gasteiger partial charge in [-0.15, -0.1) is 21.5 Å². The van der Waals surface area contributed by atoms with Gasteiger partial charge in [0.1, 0.15) is 6.33 Å². The summed E-state index contributed by atoms with van der Waals surface area (Å²) in [7, 11) is 1.87. The van der Waals surface area contributed by atoms with Crippen molar-refractivity contribution in [2.45, 2.75) is 6.92 Å². The Morgan fingerprint density at radius 3 is 2.71 bits per heavy atom. The van der Waals surface area contributed by atoms with Crippen molar-refractivity contribution in [3.63, 3.8) is 0 Å². The van der Waals surface area contributed by atoms with Crippen molar-refractivity contribution in [1.82, 2.24) is 14.8 Å². The molecule has 3 rings (SSSR count). The monoisotopic (exact) mass is 298 g/mol. The van der Waals surface area contributed by atoms with E-state index in [-0.39, 0.29) is 5.91 Å². The molecule has 2 aromatic heterocycles. The predicted octanol–water partition coefficient (Wildman–Crippen LogP) is 3.10. The highest BCUT2D eigenvalue weighted by molar-refractivity contribution is 7.14. The lowest BCUT2D eigenvalue weighted by atomic mass is 10.1. The van der Waals surface area contributed by atoms with Gasteiger partial charge in [-0.25, -0.2) is 0 Å². The summed E-state index contributed by atoms with van der Waals surface area (Å²) < 4.78 is 1.82. The fourth-order valence-corrected chi connectivity index (χ4v) is 2.82. The van der Waals surface area contributed by atoms with Gasteiger partial charge in [-0.2, -0.15) is 0 Å². The Bertz CT molecular complexity index is 790. The zero-order valence-corrected chi connectivity index (χ0v) is 12.5. The molecule has 21 heavy (non-hydrogen) atoms. The molecule has 0 radical (unpaired) electrons. The van der Waals surface area contributed by atoms with Gasteiger partial charge < -0.3 is 9.88 Å². The van der Waals surface area contributed by atoms with Crippen LogP contribution >= 0.6 is 11.3 Å². The first-order valence-corrected chi connectivity index (χ1v) is 7.28. The van der Waals surface area contributed by atoms with Crippen molar-refractivity contribution in [3.05, 3.63) is 52.5 Å². The van der Waals surface area contributed by atoms with Gasteiger partial charge in [-0.1, -0.05) is 12.1 Å². The summed E-state index contributed by atoms with van der Waals surface area (Å²) in [6, 6.07) is 11.3. The fraction of sp³-hybridized carbons (Fsp3) is 0.133. The van der Waals surface area contributed by atoms with E-state index in [0.717, 1.165) is 16.1 Å². The van der Waals surface area contributed by atoms with Gasteiger partial charge in [0.2, 0.25) is 0 Å². The van der Waals surface area contributed by atoms with E-state index < -0.39 is 0 Å². The van der Waals surface area contributed by atoms with E-state index in [9.17, 15) is 4.79 Å². The second kappa shape index (κ2) is 5.49. The summed E-state index contributed by atoms with van der Waals surface area (Å²) in [6.45, 7) is 1.98. The Morgan fingerprint density at radius 1 is 1.24 bits per heavy atom. The third-order valence-corrected chi connectivity index (χ3v) is 4.09. The standard InChI is InChI=1S/C15H14N4OS/c1-10-7-8-13(21-10)15(20)17-12-6-4-3-5-11(12)14-18-16-9-19(14)2/h3-9H,1-2H3,(H,17,20). The van der Waals surface area contributed by atoms with Crippen LogP contribution in [0.4, 0.5) is 5.69 Å². The first-order chi connectivity index (χ1) is 10.1. The summed E-state index contributed by atoms with van der Waals surface area (Å²) in [5, 5.41) is 10.9. The van der Waals surface area contributed by atoms with Gasteiger partial charge in [-0.05, 0) is 31.2 Å². The largest absolute Gasteiger partial charge is 0.321 e. The molecule has 0 saturated carbocycles. The van der Waals surface area contributed by atoms with Crippen LogP contribution in [0.5, 0.6) is 0 Å². The molecule has 0 bridgehead atoms. The van der Waals surface area contributed by atoms with Gasteiger partial charge in [0, 0.05) is 17.5 Å². The third kappa shape index (κ3) is 2.71. The van der Waals surface area contributed by atoms with Crippen molar-refractivity contribution in [2.75, 3.05) is 5.32 Å². The summed E-state index contributed by atoms with van der Waals surface area (Å²) in [5.41, 5.74) is 1.57. The molecule has 6 heteroatoms. The van der Waals surface area contributed by atoms with Gasteiger partial charge in [0.25, 0.3) is 5.91 Å². The zero-order valence-electron chi connectivity index (χ0n) is 11.7. The fourth-order valence-electron chi connectivity index (χ4n) is 2.05. The molecule has 0 spiro atoms. The molecule has 5 nitrogen and oxygen atoms in total. The topological polar surface area (TPSA) is 59.8 Å². The van der Waals surface area contributed by atoms with Gasteiger partial charge in [0.15, 0.2) is 5.82 Å². The second-order valence-electron chi connectivity index (χ2n) is 4.68. The highest BCUT2D eigenvalue weighted by atomic mass is 32.1. The number of hydrogen-bond donors (Lipinski definition) is 1. The van der Waals surface area contributed by atoms with Crippen molar-refractivity contribution in [2.24, 2.45) is 7.05 Å². The van der Waals surface area contributed by atoms with Crippen LogP contribution in [-0.4, -0.2) is 20.7 Å². The molecule has 0 aliphatic rings. The maximum atomic E-state index is 12.3. The average molecular weight is 298 g/mol. The third-order valence-electron chi connectivity index (χ3n) is 3.09. The molecule has 0 aliphatic heterocycles. The van der Waals surface area contributed by atoms with Crippen LogP contribution in [0.25, 0.3) is 11.4 Å². The summed E-state index contributed by atoms with van der Waals surface area (Å²) in [4.78, 5) is 14.1. The predicted molar refractivity (Wildman–Crippen MR) is 83.4 cm³/mol. The number of rotatable bonds is 3. The number of benzene rings is 1. The maximum Gasteiger partial charge on any atom is 0.265 e. The van der Waals surface area contributed by atoms with E-state index in [1.165, 1.54) is 11.3 Å². The molecular weight excluding hydrogens is 284 g/mol. The Kier molecular flexibility index (Phi) is 3.53. The molecule has 3 aromatic rings. The zero-order chi connectivity index (χ0) is 14.8. The number of carbonyl (C=O) groups excluding carboxylic acids is 1. The number of thiophene rings is 1. The van der Waals surface area contributed by atoms with E-state index in [0.29, 0.717) is 10.7 Å². The number of nitrogens with zero attached hydrogens (tertiary/aromatic N) is 3. The number of aryl methyl sites for hydroxylation is 2. The number of hydrogen-bond acceptors (Lipinski definition) is 4. The van der Waals surface area contributed by atoms with E-state index in [4.69, 9.17) is 0 Å². The minimum atomic E-state index is -0.109. The number of anilines is 1. The van der Waals surface area contributed by atoms with Crippen molar-refractivity contribution < 1.29 is 4.79 Å². The molecular formula is C15H14N4OS. The number of amides is 1. The van der Waals surface area contributed by atoms with Crippen LogP contribution in [0.15, 0.2) is 42.7 Å². The van der Waals surface area contributed by atoms with Gasteiger partial charge in [0.05, 0.1) is 10.6 Å². The molecule has 2 heterocycles. The van der Waals surface area contributed by atoms with Crippen LogP contribution in [0.2, 0.25) is 0 Å². The van der Waals surface area contributed by atoms with Crippen LogP contribution in [0.3, 0.4) is 0 Å². The molecule has 0 aliphatic carbocycles. The first-order valence-electron chi connectivity index (χ1n) is 6.46. The number of aromatic nitrogens is 3. The summed E-state index contributed by atoms with van der Waals surface area (Å²) in [6.07, 6.45) is 1.64. The Morgan fingerprint density at radius 2 is 2.05 bits per heavy atom. The van der Waals surface area contributed by atoms with Crippen molar-refractivity contribution in [3.8, 4) is 11.4 Å². The van der Waals surface area contributed by atoms with Crippen LogP contribution in [0, 0.1) is 6.92 Å². The van der Waals surface area contributed by atoms with E-state index in [2.05, 4.69) is 15.5 Å². The van der Waals surface area contributed by atoms with Crippen molar-refractivity contribution in [1.29, 1.82) is 0 Å². The van der Waals surface area contributed by atoms with Crippen LogP contribution in [0.1, 0.15) is 14.5 Å². The summed E-state index contributed by atoms with van der Waals surface area (Å²) >= 11 is 1.48. The van der Waals surface area contributed by atoms with Gasteiger partial charge in [-0.3, -0.25) is 4.79 Å². The molecule has 1 N–H and O–H groups in total. The van der Waals surface area contributed by atoms with E-state index in [1.807, 2.05) is 54.9 Å². The smallest absolute Gasteiger partial charge is 0.265 e. The lowest BCUT2D eigenvalue weighted by Gasteiger charge is -2.09. The SMILES string of the molecule is Cc1ccc(C(=O)Nc2ccccc2-c2nncn2C)s1. The normalized spacial score (nSPS) is 10.6. The minimum absolute atomic E-state index is 0.109. The molecule has 0 atom stereocenters. The molecule has 0 saturated heterocycles. The average Bonchev–Trinajstić information content (AvgIpc) is 3.08.